The smallest absolute Gasteiger partial charge is 0.386 e. The Morgan fingerprint density at radius 2 is 0.950 bits per heavy atom. The molecule has 0 aromatic heterocycles. The van der Waals surface area contributed by atoms with Gasteiger partial charge < -0.3 is 11.5 Å². The van der Waals surface area contributed by atoms with Crippen molar-refractivity contribution >= 4 is 23.3 Å². The molecular formula is C14H12N2O4. The van der Waals surface area contributed by atoms with Crippen LogP contribution in [0.25, 0.3) is 0 Å². The maximum absolute atomic E-state index is 11.6. The number of hydrogen-bond acceptors (Lipinski definition) is 6. The van der Waals surface area contributed by atoms with Crippen LogP contribution >= 0.6 is 0 Å². The quantitative estimate of drug-likeness (QED) is 0.490. The number of benzene rings is 2. The van der Waals surface area contributed by atoms with E-state index in [2.05, 4.69) is 9.78 Å². The standard InChI is InChI=1S/C14H12N2O4/c15-11-5-1-9(2-6-11)13(17)19-20-14(18)10-3-7-12(16)8-4-10/h1-8H,15-16H2. The summed E-state index contributed by atoms with van der Waals surface area (Å²) in [5.74, 6) is -1.57. The predicted octanol–water partition coefficient (Wildman–Crippen LogP) is 1.78. The van der Waals surface area contributed by atoms with Gasteiger partial charge in [-0.25, -0.2) is 19.4 Å². The molecule has 0 aliphatic heterocycles. The molecule has 0 saturated carbocycles. The minimum absolute atomic E-state index is 0.226. The zero-order valence-corrected chi connectivity index (χ0v) is 10.4. The highest BCUT2D eigenvalue weighted by molar-refractivity contribution is 5.92. The highest BCUT2D eigenvalue weighted by atomic mass is 17.2. The molecule has 0 bridgehead atoms. The van der Waals surface area contributed by atoms with E-state index < -0.39 is 11.9 Å². The van der Waals surface area contributed by atoms with Crippen LogP contribution in [-0.4, -0.2) is 11.9 Å². The zero-order chi connectivity index (χ0) is 14.5. The third-order valence-electron chi connectivity index (χ3n) is 2.49. The first-order chi connectivity index (χ1) is 9.56. The average Bonchev–Trinajstić information content (AvgIpc) is 2.46. The second kappa shape index (κ2) is 5.75. The summed E-state index contributed by atoms with van der Waals surface area (Å²) in [6.07, 6.45) is 0. The Balaban J connectivity index is 1.94. The van der Waals surface area contributed by atoms with Crippen LogP contribution in [-0.2, 0) is 9.78 Å². The van der Waals surface area contributed by atoms with Crippen molar-refractivity contribution < 1.29 is 19.4 Å². The van der Waals surface area contributed by atoms with Crippen LogP contribution in [0.1, 0.15) is 20.7 Å². The Bertz CT molecular complexity index is 563. The van der Waals surface area contributed by atoms with E-state index in [0.29, 0.717) is 11.4 Å². The van der Waals surface area contributed by atoms with Crippen molar-refractivity contribution in [1.82, 2.24) is 0 Å². The molecule has 0 heterocycles. The predicted molar refractivity (Wildman–Crippen MR) is 72.5 cm³/mol. The maximum atomic E-state index is 11.6. The number of nitrogen functional groups attached to an aromatic ring is 2. The summed E-state index contributed by atoms with van der Waals surface area (Å²) in [6, 6.07) is 12.0. The molecule has 20 heavy (non-hydrogen) atoms. The van der Waals surface area contributed by atoms with Gasteiger partial charge in [-0.1, -0.05) is 0 Å². The lowest BCUT2D eigenvalue weighted by molar-refractivity contribution is -0.187. The van der Waals surface area contributed by atoms with Crippen molar-refractivity contribution in [1.29, 1.82) is 0 Å². The van der Waals surface area contributed by atoms with Gasteiger partial charge in [0.15, 0.2) is 0 Å². The van der Waals surface area contributed by atoms with Crippen LogP contribution in [0.2, 0.25) is 0 Å². The van der Waals surface area contributed by atoms with Crippen LogP contribution in [0.4, 0.5) is 11.4 Å². The summed E-state index contributed by atoms with van der Waals surface area (Å²) < 4.78 is 0. The summed E-state index contributed by atoms with van der Waals surface area (Å²) in [7, 11) is 0. The third kappa shape index (κ3) is 3.26. The van der Waals surface area contributed by atoms with Crippen molar-refractivity contribution in [3.8, 4) is 0 Å². The molecular weight excluding hydrogens is 260 g/mol. The van der Waals surface area contributed by atoms with Gasteiger partial charge in [0.1, 0.15) is 0 Å². The summed E-state index contributed by atoms with van der Waals surface area (Å²) in [6.45, 7) is 0. The molecule has 0 radical (unpaired) electrons. The average molecular weight is 272 g/mol. The second-order valence-corrected chi connectivity index (χ2v) is 3.99. The second-order valence-electron chi connectivity index (χ2n) is 3.99. The SMILES string of the molecule is Nc1ccc(C(=O)OOC(=O)c2ccc(N)cc2)cc1. The summed E-state index contributed by atoms with van der Waals surface area (Å²) in [5.41, 5.74) is 12.5. The molecule has 2 aromatic rings. The number of hydrogen-bond donors (Lipinski definition) is 2. The molecule has 0 atom stereocenters. The molecule has 0 aliphatic carbocycles. The first-order valence-electron chi connectivity index (χ1n) is 5.70. The molecule has 2 aromatic carbocycles. The van der Waals surface area contributed by atoms with E-state index in [1.807, 2.05) is 0 Å². The third-order valence-corrected chi connectivity index (χ3v) is 2.49. The monoisotopic (exact) mass is 272 g/mol. The van der Waals surface area contributed by atoms with E-state index in [0.717, 1.165) is 0 Å². The van der Waals surface area contributed by atoms with Crippen LogP contribution in [0.5, 0.6) is 0 Å². The Hall–Kier alpha value is -3.02. The van der Waals surface area contributed by atoms with Gasteiger partial charge in [-0.2, -0.15) is 0 Å². The van der Waals surface area contributed by atoms with E-state index in [9.17, 15) is 9.59 Å². The fraction of sp³-hybridized carbons (Fsp3) is 0. The van der Waals surface area contributed by atoms with Crippen molar-refractivity contribution in [2.24, 2.45) is 0 Å². The van der Waals surface area contributed by atoms with Gasteiger partial charge in [0.25, 0.3) is 0 Å². The zero-order valence-electron chi connectivity index (χ0n) is 10.4. The van der Waals surface area contributed by atoms with Gasteiger partial charge >= 0.3 is 11.9 Å². The lowest BCUT2D eigenvalue weighted by atomic mass is 10.2. The summed E-state index contributed by atoms with van der Waals surface area (Å²) in [5, 5.41) is 0. The van der Waals surface area contributed by atoms with E-state index in [1.165, 1.54) is 24.3 Å². The van der Waals surface area contributed by atoms with Crippen LogP contribution < -0.4 is 11.5 Å². The van der Waals surface area contributed by atoms with Gasteiger partial charge in [0.2, 0.25) is 0 Å². The molecule has 0 amide bonds. The molecule has 6 nitrogen and oxygen atoms in total. The number of rotatable bonds is 2. The van der Waals surface area contributed by atoms with Crippen LogP contribution in [0.15, 0.2) is 48.5 Å². The highest BCUT2D eigenvalue weighted by Crippen LogP contribution is 2.09. The van der Waals surface area contributed by atoms with E-state index in [-0.39, 0.29) is 11.1 Å². The van der Waals surface area contributed by atoms with E-state index in [4.69, 9.17) is 11.5 Å². The lowest BCUT2D eigenvalue weighted by Gasteiger charge is -2.03. The van der Waals surface area contributed by atoms with Gasteiger partial charge in [0, 0.05) is 11.4 Å². The van der Waals surface area contributed by atoms with Gasteiger partial charge in [0.05, 0.1) is 11.1 Å². The minimum Gasteiger partial charge on any atom is -0.399 e. The minimum atomic E-state index is -0.784. The van der Waals surface area contributed by atoms with Crippen molar-refractivity contribution in [2.75, 3.05) is 11.5 Å². The van der Waals surface area contributed by atoms with Crippen LogP contribution in [0.3, 0.4) is 0 Å². The molecule has 0 unspecified atom stereocenters. The fourth-order valence-electron chi connectivity index (χ4n) is 1.41. The first-order valence-corrected chi connectivity index (χ1v) is 5.70. The molecule has 4 N–H and O–H groups in total. The van der Waals surface area contributed by atoms with Gasteiger partial charge in [-0.3, -0.25) is 0 Å². The Morgan fingerprint density at radius 3 is 1.25 bits per heavy atom. The summed E-state index contributed by atoms with van der Waals surface area (Å²) in [4.78, 5) is 32.1. The van der Waals surface area contributed by atoms with Gasteiger partial charge in [-0.15, -0.1) is 0 Å². The van der Waals surface area contributed by atoms with Crippen molar-refractivity contribution in [3.63, 3.8) is 0 Å². The van der Waals surface area contributed by atoms with Crippen LogP contribution in [0, 0.1) is 0 Å². The lowest BCUT2D eigenvalue weighted by Crippen LogP contribution is -2.11. The number of nitrogens with two attached hydrogens (primary N) is 2. The Morgan fingerprint density at radius 1 is 0.650 bits per heavy atom. The van der Waals surface area contributed by atoms with Gasteiger partial charge in [-0.05, 0) is 48.5 Å². The fourth-order valence-corrected chi connectivity index (χ4v) is 1.41. The Kier molecular flexibility index (Phi) is 3.85. The summed E-state index contributed by atoms with van der Waals surface area (Å²) >= 11 is 0. The molecule has 0 aliphatic rings. The number of carbonyl (C=O) groups is 2. The normalized spacial score (nSPS) is 9.80. The molecule has 6 heteroatoms. The number of anilines is 2. The largest absolute Gasteiger partial charge is 0.399 e. The first kappa shape index (κ1) is 13.4. The highest BCUT2D eigenvalue weighted by Gasteiger charge is 2.13. The van der Waals surface area contributed by atoms with E-state index >= 15 is 0 Å². The maximum Gasteiger partial charge on any atom is 0.386 e. The number of carbonyl (C=O) groups excluding carboxylic acids is 2. The van der Waals surface area contributed by atoms with Crippen molar-refractivity contribution in [2.45, 2.75) is 0 Å². The molecule has 0 saturated heterocycles. The topological polar surface area (TPSA) is 105 Å². The Labute approximate surface area is 114 Å². The molecule has 0 fully saturated rings. The molecule has 102 valence electrons. The molecule has 2 rings (SSSR count). The molecule has 0 spiro atoms. The van der Waals surface area contributed by atoms with E-state index in [1.54, 1.807) is 24.3 Å². The van der Waals surface area contributed by atoms with Crippen molar-refractivity contribution in [3.05, 3.63) is 59.7 Å².